The van der Waals surface area contributed by atoms with E-state index in [1.54, 1.807) is 6.20 Å². The van der Waals surface area contributed by atoms with E-state index in [1.165, 1.54) is 25.9 Å². The number of aliphatic hydroxyl groups excluding tert-OH is 1. The van der Waals surface area contributed by atoms with E-state index in [0.717, 1.165) is 43.7 Å². The van der Waals surface area contributed by atoms with Gasteiger partial charge in [-0.25, -0.2) is 15.0 Å². The predicted molar refractivity (Wildman–Crippen MR) is 124 cm³/mol. The highest BCUT2D eigenvalue weighted by Crippen LogP contribution is 2.23. The first kappa shape index (κ1) is 21.1. The molecule has 1 unspecified atom stereocenters. The molecule has 4 aliphatic rings. The molecule has 1 aromatic heterocycles. The van der Waals surface area contributed by atoms with E-state index in [0.29, 0.717) is 24.5 Å². The van der Waals surface area contributed by atoms with Crippen LogP contribution < -0.4 is 20.8 Å². The lowest BCUT2D eigenvalue weighted by Gasteiger charge is -2.34. The first-order chi connectivity index (χ1) is 15.7. The van der Waals surface area contributed by atoms with Crippen LogP contribution in [0.3, 0.4) is 0 Å². The molecule has 9 nitrogen and oxygen atoms in total. The Balaban J connectivity index is 1.14. The van der Waals surface area contributed by atoms with Crippen LogP contribution in [0.15, 0.2) is 47.4 Å². The molecule has 1 aliphatic carbocycles. The van der Waals surface area contributed by atoms with Crippen molar-refractivity contribution in [3.63, 3.8) is 0 Å². The summed E-state index contributed by atoms with van der Waals surface area (Å²) in [5.41, 5.74) is 4.24. The summed E-state index contributed by atoms with van der Waals surface area (Å²) in [6, 6.07) is 4.19. The molecule has 4 heterocycles. The largest absolute Gasteiger partial charge is 0.476 e. The van der Waals surface area contributed by atoms with Gasteiger partial charge in [0.05, 0.1) is 6.10 Å². The number of aromatic nitrogens is 1. The summed E-state index contributed by atoms with van der Waals surface area (Å²) in [5, 5.41) is 18.7. The van der Waals surface area contributed by atoms with Gasteiger partial charge in [0.25, 0.3) is 0 Å². The van der Waals surface area contributed by atoms with Gasteiger partial charge in [-0.15, -0.1) is 0 Å². The lowest BCUT2D eigenvalue weighted by Crippen LogP contribution is -2.48. The number of aliphatic imine (C=N–C) groups is 1. The van der Waals surface area contributed by atoms with Gasteiger partial charge in [0.1, 0.15) is 12.4 Å². The van der Waals surface area contributed by atoms with E-state index < -0.39 is 0 Å². The Kier molecular flexibility index (Phi) is 6.45. The molecule has 1 saturated carbocycles. The Bertz CT molecular complexity index is 873. The summed E-state index contributed by atoms with van der Waals surface area (Å²) in [6.45, 7) is 3.93. The molecule has 1 aromatic rings. The highest BCUT2D eigenvalue weighted by Gasteiger charge is 2.30. The Labute approximate surface area is 189 Å². The maximum absolute atomic E-state index is 9.76. The average Bonchev–Trinajstić information content (AvgIpc) is 3.46. The highest BCUT2D eigenvalue weighted by molar-refractivity contribution is 5.94. The van der Waals surface area contributed by atoms with Crippen molar-refractivity contribution >= 4 is 11.6 Å². The third kappa shape index (κ3) is 5.16. The number of nitrogens with one attached hydrogen (secondary N) is 3. The number of ether oxygens (including phenoxy) is 1. The zero-order chi connectivity index (χ0) is 21.8. The second-order valence-electron chi connectivity index (χ2n) is 8.86. The van der Waals surface area contributed by atoms with Gasteiger partial charge in [-0.05, 0) is 69.8 Å². The van der Waals surface area contributed by atoms with Crippen molar-refractivity contribution in [3.8, 4) is 5.88 Å². The number of nitrogens with zero attached hydrogens (tertiary/aromatic N) is 4. The molecule has 1 atom stereocenters. The molecule has 5 rings (SSSR count). The fraction of sp³-hybridized carbons (Fsp3) is 0.565. The quantitative estimate of drug-likeness (QED) is 0.511. The van der Waals surface area contributed by atoms with Crippen LogP contribution in [0.25, 0.3) is 0 Å². The molecule has 0 radical (unpaired) electrons. The van der Waals surface area contributed by atoms with E-state index in [4.69, 9.17) is 9.73 Å². The fourth-order valence-corrected chi connectivity index (χ4v) is 4.65. The molecule has 32 heavy (non-hydrogen) atoms. The first-order valence-corrected chi connectivity index (χ1v) is 11.8. The number of hydrazine groups is 1. The number of rotatable bonds is 7. The Hall–Kier alpha value is -2.78. The Morgan fingerprint density at radius 3 is 2.88 bits per heavy atom. The molecule has 9 heteroatoms. The smallest absolute Gasteiger partial charge is 0.217 e. The van der Waals surface area contributed by atoms with Crippen LogP contribution in [-0.4, -0.2) is 70.5 Å². The van der Waals surface area contributed by atoms with Crippen molar-refractivity contribution in [3.05, 3.63) is 42.4 Å². The van der Waals surface area contributed by atoms with Gasteiger partial charge in [0.2, 0.25) is 11.8 Å². The predicted octanol–water partition coefficient (Wildman–Crippen LogP) is 1.77. The van der Waals surface area contributed by atoms with E-state index in [9.17, 15) is 5.11 Å². The average molecular weight is 440 g/mol. The number of fused-ring (bicyclic) bond motifs is 1. The van der Waals surface area contributed by atoms with Gasteiger partial charge in [0, 0.05) is 30.5 Å². The molecule has 2 fully saturated rings. The van der Waals surface area contributed by atoms with Crippen LogP contribution in [0.5, 0.6) is 5.88 Å². The van der Waals surface area contributed by atoms with Crippen molar-refractivity contribution in [2.75, 3.05) is 31.6 Å². The standard InChI is InChI=1S/C23H33N7O2/c31-19-8-6-17(7-9-19)25-20-4-3-5-21-27-23(28-30(20)21)26-18-10-11-24-22(16-18)32-15-14-29-12-1-2-13-29/h3-5,10-11,16-17,19,21,25,31H,1-2,6-9,12-15H2,(H2,24,26,27,28). The number of likely N-dealkylation sites (tertiary alicyclic amines) is 1. The molecule has 172 valence electrons. The minimum Gasteiger partial charge on any atom is -0.476 e. The minimum absolute atomic E-state index is 0.0998. The van der Waals surface area contributed by atoms with Crippen molar-refractivity contribution < 1.29 is 9.84 Å². The van der Waals surface area contributed by atoms with Crippen LogP contribution in [0.1, 0.15) is 38.5 Å². The summed E-state index contributed by atoms with van der Waals surface area (Å²) in [6.07, 6.45) is 13.9. The third-order valence-electron chi connectivity index (χ3n) is 6.45. The molecule has 0 amide bonds. The topological polar surface area (TPSA) is 97.3 Å². The highest BCUT2D eigenvalue weighted by atomic mass is 16.5. The second kappa shape index (κ2) is 9.79. The molecule has 0 bridgehead atoms. The SMILES string of the molecule is OC1CCC(NC2=CC=CC3N=C(Nc4ccnc(OCCN5CCCC5)c4)NN23)CC1. The molecular weight excluding hydrogens is 406 g/mol. The molecule has 4 N–H and O–H groups in total. The lowest BCUT2D eigenvalue weighted by molar-refractivity contribution is 0.115. The number of anilines is 1. The van der Waals surface area contributed by atoms with E-state index in [1.807, 2.05) is 23.2 Å². The Morgan fingerprint density at radius 2 is 2.03 bits per heavy atom. The maximum Gasteiger partial charge on any atom is 0.217 e. The van der Waals surface area contributed by atoms with Crippen LogP contribution in [0.4, 0.5) is 5.69 Å². The first-order valence-electron chi connectivity index (χ1n) is 11.8. The summed E-state index contributed by atoms with van der Waals surface area (Å²) >= 11 is 0. The zero-order valence-corrected chi connectivity index (χ0v) is 18.4. The van der Waals surface area contributed by atoms with Gasteiger partial charge in [-0.1, -0.05) is 6.08 Å². The lowest BCUT2D eigenvalue weighted by atomic mass is 9.93. The van der Waals surface area contributed by atoms with Gasteiger partial charge in [-0.3, -0.25) is 10.3 Å². The van der Waals surface area contributed by atoms with E-state index in [2.05, 4.69) is 38.1 Å². The molecule has 1 saturated heterocycles. The maximum atomic E-state index is 9.76. The van der Waals surface area contributed by atoms with Gasteiger partial charge >= 0.3 is 0 Å². The van der Waals surface area contributed by atoms with Crippen molar-refractivity contribution in [2.45, 2.75) is 56.8 Å². The summed E-state index contributed by atoms with van der Waals surface area (Å²) in [4.78, 5) is 11.5. The van der Waals surface area contributed by atoms with Crippen LogP contribution in [0.2, 0.25) is 0 Å². The number of hydrogen-bond donors (Lipinski definition) is 4. The normalized spacial score (nSPS) is 27.4. The van der Waals surface area contributed by atoms with Gasteiger partial charge < -0.3 is 20.5 Å². The van der Waals surface area contributed by atoms with Crippen LogP contribution >= 0.6 is 0 Å². The van der Waals surface area contributed by atoms with Gasteiger partial charge in [-0.2, -0.15) is 0 Å². The molecular formula is C23H33N7O2. The van der Waals surface area contributed by atoms with Crippen LogP contribution in [0, 0.1) is 0 Å². The third-order valence-corrected chi connectivity index (χ3v) is 6.45. The van der Waals surface area contributed by atoms with E-state index in [-0.39, 0.29) is 12.3 Å². The number of guanidine groups is 1. The zero-order valence-electron chi connectivity index (χ0n) is 18.4. The van der Waals surface area contributed by atoms with Crippen molar-refractivity contribution in [1.82, 2.24) is 25.6 Å². The minimum atomic E-state index is -0.153. The molecule has 3 aliphatic heterocycles. The summed E-state index contributed by atoms with van der Waals surface area (Å²) in [7, 11) is 0. The number of hydrogen-bond acceptors (Lipinski definition) is 9. The molecule has 0 aromatic carbocycles. The number of allylic oxidation sites excluding steroid dienone is 2. The molecule has 0 spiro atoms. The Morgan fingerprint density at radius 1 is 1.19 bits per heavy atom. The van der Waals surface area contributed by atoms with E-state index >= 15 is 0 Å². The van der Waals surface area contributed by atoms with Gasteiger partial charge in [0.15, 0.2) is 6.17 Å². The summed E-state index contributed by atoms with van der Waals surface area (Å²) in [5.74, 6) is 2.30. The second-order valence-corrected chi connectivity index (χ2v) is 8.86. The van der Waals surface area contributed by atoms with Crippen LogP contribution in [-0.2, 0) is 0 Å². The fourth-order valence-electron chi connectivity index (χ4n) is 4.65. The van der Waals surface area contributed by atoms with Crippen molar-refractivity contribution in [2.24, 2.45) is 4.99 Å². The number of aliphatic hydroxyl groups is 1. The summed E-state index contributed by atoms with van der Waals surface area (Å²) < 4.78 is 5.87. The van der Waals surface area contributed by atoms with Crippen molar-refractivity contribution in [1.29, 1.82) is 0 Å². The monoisotopic (exact) mass is 439 g/mol. The number of pyridine rings is 1.